The number of allylic oxidation sites excluding steroid dienone is 1. The molecule has 4 heteroatoms. The molecule has 1 atom stereocenters. The molecule has 1 aliphatic rings. The molecule has 0 radical (unpaired) electrons. The van der Waals surface area contributed by atoms with Crippen LogP contribution in [-0.4, -0.2) is 6.10 Å². The molecule has 0 fully saturated rings. The molecule has 0 amide bonds. The van der Waals surface area contributed by atoms with Crippen LogP contribution in [0.3, 0.4) is 0 Å². The summed E-state index contributed by atoms with van der Waals surface area (Å²) in [4.78, 5) is 10.6. The number of nitrogens with one attached hydrogen (secondary N) is 1. The van der Waals surface area contributed by atoms with E-state index in [-0.39, 0.29) is 17.5 Å². The molecule has 0 spiro atoms. The standard InChI is InChI=1S/C11H10FNO2/c12-8-5-6-10(13-14)11(7-8)15-9-3-1-2-4-9/h1,3,5-7,9H,2,4H2/p+1. The van der Waals surface area contributed by atoms with Crippen molar-refractivity contribution >= 4 is 5.69 Å². The van der Waals surface area contributed by atoms with E-state index in [2.05, 4.69) is 0 Å². The van der Waals surface area contributed by atoms with Gasteiger partial charge >= 0.3 is 0 Å². The Hall–Kier alpha value is -1.71. The smallest absolute Gasteiger partial charge is 0.295 e. The first-order valence-electron chi connectivity index (χ1n) is 4.80. The molecule has 0 bridgehead atoms. The molecule has 0 saturated heterocycles. The summed E-state index contributed by atoms with van der Waals surface area (Å²) in [5.74, 6) is -0.146. The Kier molecular flexibility index (Phi) is 2.76. The van der Waals surface area contributed by atoms with Crippen molar-refractivity contribution in [1.29, 1.82) is 0 Å². The minimum Gasteiger partial charge on any atom is -0.479 e. The van der Waals surface area contributed by atoms with Crippen molar-refractivity contribution in [3.05, 3.63) is 41.1 Å². The van der Waals surface area contributed by atoms with Crippen LogP contribution in [0.25, 0.3) is 0 Å². The summed E-state index contributed by atoms with van der Waals surface area (Å²) in [6.07, 6.45) is 5.70. The lowest BCUT2D eigenvalue weighted by Crippen LogP contribution is -2.56. The molecule has 1 N–H and O–H groups in total. The molecule has 15 heavy (non-hydrogen) atoms. The maximum atomic E-state index is 12.9. The van der Waals surface area contributed by atoms with Crippen LogP contribution in [0.4, 0.5) is 10.1 Å². The fraction of sp³-hybridized carbons (Fsp3) is 0.273. The molecule has 3 nitrogen and oxygen atoms in total. The summed E-state index contributed by atoms with van der Waals surface area (Å²) in [5, 5.41) is 1.73. The molecule has 78 valence electrons. The Morgan fingerprint density at radius 1 is 1.47 bits per heavy atom. The Balaban J connectivity index is 2.21. The predicted octanol–water partition coefficient (Wildman–Crippen LogP) is 1.40. The van der Waals surface area contributed by atoms with Crippen molar-refractivity contribution < 1.29 is 14.3 Å². The second-order valence-corrected chi connectivity index (χ2v) is 3.40. The van der Waals surface area contributed by atoms with Crippen molar-refractivity contribution in [2.24, 2.45) is 0 Å². The topological polar surface area (TPSA) is 40.3 Å². The third-order valence-corrected chi connectivity index (χ3v) is 2.30. The Morgan fingerprint density at radius 3 is 3.00 bits per heavy atom. The van der Waals surface area contributed by atoms with Crippen LogP contribution in [0.15, 0.2) is 30.4 Å². The third kappa shape index (κ3) is 2.21. The highest BCUT2D eigenvalue weighted by Gasteiger charge is 2.17. The van der Waals surface area contributed by atoms with E-state index in [4.69, 9.17) is 4.74 Å². The molecule has 2 rings (SSSR count). The number of halogens is 1. The van der Waals surface area contributed by atoms with Crippen LogP contribution < -0.4 is 9.91 Å². The van der Waals surface area contributed by atoms with Gasteiger partial charge in [0.05, 0.1) is 0 Å². The van der Waals surface area contributed by atoms with Gasteiger partial charge in [0.1, 0.15) is 11.9 Å². The van der Waals surface area contributed by atoms with Gasteiger partial charge in [-0.3, -0.25) is 0 Å². The molecular formula is C11H11FNO2+. The molecule has 1 aliphatic carbocycles. The zero-order valence-corrected chi connectivity index (χ0v) is 8.07. The van der Waals surface area contributed by atoms with E-state index >= 15 is 0 Å². The number of nitroso groups, excluding NO2 is 1. The van der Waals surface area contributed by atoms with Crippen molar-refractivity contribution in [2.75, 3.05) is 0 Å². The van der Waals surface area contributed by atoms with Gasteiger partial charge in [0.15, 0.2) is 5.75 Å². The van der Waals surface area contributed by atoms with Gasteiger partial charge in [-0.2, -0.15) is 0 Å². The lowest BCUT2D eigenvalue weighted by molar-refractivity contribution is -0.380. The zero-order valence-electron chi connectivity index (χ0n) is 8.07. The number of hydrogen-bond donors (Lipinski definition) is 1. The first-order valence-corrected chi connectivity index (χ1v) is 4.80. The fourth-order valence-electron chi connectivity index (χ4n) is 1.54. The number of hydrogen-bond acceptors (Lipinski definition) is 2. The summed E-state index contributed by atoms with van der Waals surface area (Å²) in [6, 6.07) is 3.81. The van der Waals surface area contributed by atoms with E-state index in [9.17, 15) is 9.30 Å². The quantitative estimate of drug-likeness (QED) is 0.763. The molecule has 1 aromatic rings. The summed E-state index contributed by atoms with van der Waals surface area (Å²) in [6.45, 7) is 0. The molecule has 0 aliphatic heterocycles. The Labute approximate surface area is 86.5 Å². The molecule has 0 heterocycles. The summed E-state index contributed by atoms with van der Waals surface area (Å²) < 4.78 is 18.4. The normalized spacial score (nSPS) is 19.1. The first kappa shape index (κ1) is 9.83. The van der Waals surface area contributed by atoms with Crippen LogP contribution in [0.5, 0.6) is 5.75 Å². The average Bonchev–Trinajstić information content (AvgIpc) is 2.71. The number of ether oxygens (including phenoxy) is 1. The second-order valence-electron chi connectivity index (χ2n) is 3.40. The fourth-order valence-corrected chi connectivity index (χ4v) is 1.54. The van der Waals surface area contributed by atoms with Gasteiger partial charge in [-0.05, 0) is 25.0 Å². The van der Waals surface area contributed by atoms with E-state index in [1.165, 1.54) is 18.2 Å². The minimum absolute atomic E-state index is 0.0566. The second kappa shape index (κ2) is 4.21. The highest BCUT2D eigenvalue weighted by Crippen LogP contribution is 2.25. The van der Waals surface area contributed by atoms with E-state index < -0.39 is 5.82 Å². The summed E-state index contributed by atoms with van der Waals surface area (Å²) >= 11 is 0. The maximum absolute atomic E-state index is 12.9. The molecule has 1 aromatic carbocycles. The highest BCUT2D eigenvalue weighted by atomic mass is 19.1. The van der Waals surface area contributed by atoms with E-state index in [0.717, 1.165) is 12.8 Å². The van der Waals surface area contributed by atoms with Gasteiger partial charge < -0.3 is 4.74 Å². The van der Waals surface area contributed by atoms with Crippen molar-refractivity contribution in [3.8, 4) is 5.75 Å². The Bertz CT molecular complexity index is 404. The van der Waals surface area contributed by atoms with Crippen LogP contribution in [-0.2, 0) is 0 Å². The first-order chi connectivity index (χ1) is 7.29. The lowest BCUT2D eigenvalue weighted by Gasteiger charge is -2.10. The predicted molar refractivity (Wildman–Crippen MR) is 53.2 cm³/mol. The Morgan fingerprint density at radius 2 is 2.33 bits per heavy atom. The summed E-state index contributed by atoms with van der Waals surface area (Å²) in [7, 11) is 0. The van der Waals surface area contributed by atoms with Crippen molar-refractivity contribution in [3.63, 3.8) is 0 Å². The number of rotatable bonds is 3. The van der Waals surface area contributed by atoms with Crippen LogP contribution in [0.2, 0.25) is 0 Å². The largest absolute Gasteiger partial charge is 0.479 e. The summed E-state index contributed by atoms with van der Waals surface area (Å²) in [5.41, 5.74) is 0.261. The van der Waals surface area contributed by atoms with Crippen molar-refractivity contribution in [1.82, 2.24) is 0 Å². The SMILES string of the molecule is O=[NH+]c1ccc(F)cc1OC1C=CCC1. The average molecular weight is 208 g/mol. The minimum atomic E-state index is -0.411. The maximum Gasteiger partial charge on any atom is 0.295 e. The van der Waals surface area contributed by atoms with Gasteiger partial charge in [-0.25, -0.2) is 4.39 Å². The lowest BCUT2D eigenvalue weighted by atomic mass is 10.2. The zero-order chi connectivity index (χ0) is 10.7. The van der Waals surface area contributed by atoms with Crippen LogP contribution in [0.1, 0.15) is 12.8 Å². The van der Waals surface area contributed by atoms with Gasteiger partial charge in [0.25, 0.3) is 5.69 Å². The van der Waals surface area contributed by atoms with E-state index in [1.807, 2.05) is 12.2 Å². The molecule has 1 unspecified atom stereocenters. The van der Waals surface area contributed by atoms with Crippen LogP contribution in [0, 0.1) is 10.7 Å². The van der Waals surface area contributed by atoms with Gasteiger partial charge in [0.2, 0.25) is 0 Å². The van der Waals surface area contributed by atoms with E-state index in [1.54, 1.807) is 5.18 Å². The monoisotopic (exact) mass is 208 g/mol. The van der Waals surface area contributed by atoms with Crippen LogP contribution >= 0.6 is 0 Å². The number of benzene rings is 1. The van der Waals surface area contributed by atoms with Crippen molar-refractivity contribution in [2.45, 2.75) is 18.9 Å². The molecule has 0 saturated carbocycles. The van der Waals surface area contributed by atoms with Gasteiger partial charge in [0, 0.05) is 22.2 Å². The van der Waals surface area contributed by atoms with E-state index in [0.29, 0.717) is 0 Å². The van der Waals surface area contributed by atoms with Gasteiger partial charge in [-0.1, -0.05) is 6.08 Å². The molecule has 0 aromatic heterocycles. The molecular weight excluding hydrogens is 197 g/mol. The third-order valence-electron chi connectivity index (χ3n) is 2.30. The highest BCUT2D eigenvalue weighted by molar-refractivity contribution is 5.45. The van der Waals surface area contributed by atoms with Gasteiger partial charge in [-0.15, -0.1) is 0 Å².